The number of benzene rings is 6. The van der Waals surface area contributed by atoms with Crippen LogP contribution in [0.3, 0.4) is 0 Å². The van der Waals surface area contributed by atoms with E-state index in [0.717, 1.165) is 61.5 Å². The van der Waals surface area contributed by atoms with Crippen LogP contribution in [-0.4, -0.2) is 14.5 Å². The number of aromatic nitrogens is 2. The number of fused-ring (bicyclic) bond motifs is 4. The van der Waals surface area contributed by atoms with E-state index in [9.17, 15) is 0 Å². The van der Waals surface area contributed by atoms with Gasteiger partial charge in [-0.15, -0.1) is 40.8 Å². The zero-order valence-electron chi connectivity index (χ0n) is 25.5. The number of hydrogen-bond acceptors (Lipinski definition) is 4. The number of pyridine rings is 1. The van der Waals surface area contributed by atoms with Gasteiger partial charge in [-0.3, -0.25) is 0 Å². The second-order valence-corrected chi connectivity index (χ2v) is 11.2. The molecule has 0 radical (unpaired) electrons. The summed E-state index contributed by atoms with van der Waals surface area (Å²) >= 11 is 0. The maximum Gasteiger partial charge on any atom is 0.148 e. The first-order valence-corrected chi connectivity index (χ1v) is 15.4. The van der Waals surface area contributed by atoms with Gasteiger partial charge in [0.1, 0.15) is 22.9 Å². The van der Waals surface area contributed by atoms with Crippen molar-refractivity contribution in [2.75, 3.05) is 10.1 Å². The summed E-state index contributed by atoms with van der Waals surface area (Å²) < 4.78 is 8.59. The van der Waals surface area contributed by atoms with Crippen LogP contribution in [0.2, 0.25) is 0 Å². The minimum atomic E-state index is 0. The molecule has 6 nitrogen and oxygen atoms in total. The third-order valence-electron chi connectivity index (χ3n) is 8.36. The smallest absolute Gasteiger partial charge is 0.148 e. The molecule has 0 unspecified atom stereocenters. The number of rotatable bonds is 6. The molecule has 0 spiro atoms. The Bertz CT molecular complexity index is 2390. The molecule has 0 amide bonds. The van der Waals surface area contributed by atoms with Crippen LogP contribution in [0.4, 0.5) is 22.7 Å². The predicted octanol–water partition coefficient (Wildman–Crippen LogP) is 10.4. The van der Waals surface area contributed by atoms with Crippen LogP contribution in [0.1, 0.15) is 0 Å². The molecule has 0 fully saturated rings. The first-order valence-electron chi connectivity index (χ1n) is 15.4. The van der Waals surface area contributed by atoms with Crippen LogP contribution in [0, 0.1) is 12.1 Å². The van der Waals surface area contributed by atoms with Gasteiger partial charge < -0.3 is 9.30 Å². The Labute approximate surface area is 292 Å². The van der Waals surface area contributed by atoms with Crippen molar-refractivity contribution in [3.8, 4) is 28.4 Å². The van der Waals surface area contributed by atoms with Gasteiger partial charge in [-0.2, -0.15) is 17.1 Å². The molecule has 48 heavy (non-hydrogen) atoms. The maximum atomic E-state index is 6.44. The average molecular weight is 803 g/mol. The first-order chi connectivity index (χ1) is 23.3. The second-order valence-electron chi connectivity index (χ2n) is 11.2. The molecule has 2 aromatic heterocycles. The maximum absolute atomic E-state index is 6.44. The van der Waals surface area contributed by atoms with E-state index in [2.05, 4.69) is 89.5 Å². The number of anilines is 4. The van der Waals surface area contributed by atoms with Gasteiger partial charge in [0.15, 0.2) is 0 Å². The van der Waals surface area contributed by atoms with Crippen LogP contribution in [0.25, 0.3) is 38.8 Å². The van der Waals surface area contributed by atoms with E-state index in [1.807, 2.05) is 95.2 Å². The molecule has 1 aliphatic rings. The zero-order valence-corrected chi connectivity index (χ0v) is 27.7. The van der Waals surface area contributed by atoms with Gasteiger partial charge >= 0.3 is 0 Å². The molecule has 0 saturated carbocycles. The van der Waals surface area contributed by atoms with E-state index >= 15 is 0 Å². The van der Waals surface area contributed by atoms with Crippen molar-refractivity contribution in [3.63, 3.8) is 0 Å². The van der Waals surface area contributed by atoms with Gasteiger partial charge in [0.25, 0.3) is 0 Å². The molecule has 0 aliphatic carbocycles. The van der Waals surface area contributed by atoms with Gasteiger partial charge in [0.05, 0.1) is 0 Å². The fraction of sp³-hybridized carbons (Fsp3) is 0. The van der Waals surface area contributed by atoms with Crippen molar-refractivity contribution in [1.82, 2.24) is 9.55 Å². The quantitative estimate of drug-likeness (QED) is 0.124. The Morgan fingerprint density at radius 2 is 1.27 bits per heavy atom. The standard InChI is InChI=1S/C41H26N4O2.Pt/c1-3-12-29(13-4-1)30-24-25-42-41(26-30)43-37-19-8-7-18-35(37)36-23-22-34(28-40(36)43)46-33-17-11-16-32(27-33)45-39-21-10-9-20-38(39)44(47-45)31-14-5-2-6-15-31;/h1-26H;/q-2;/p+1. The van der Waals surface area contributed by atoms with Crippen molar-refractivity contribution in [2.45, 2.75) is 0 Å². The van der Waals surface area contributed by atoms with Gasteiger partial charge in [0.2, 0.25) is 0 Å². The molecule has 7 heteroatoms. The van der Waals surface area contributed by atoms with Gasteiger partial charge in [-0.25, -0.2) is 4.98 Å². The molecular weight excluding hydrogens is 776 g/mol. The van der Waals surface area contributed by atoms with Crippen molar-refractivity contribution < 1.29 is 30.7 Å². The summed E-state index contributed by atoms with van der Waals surface area (Å²) in [6.45, 7) is 0. The number of ether oxygens (including phenoxy) is 1. The topological polar surface area (TPSA) is 46.3 Å². The molecule has 1 aliphatic heterocycles. The van der Waals surface area contributed by atoms with Crippen molar-refractivity contribution in [1.29, 1.82) is 0 Å². The molecule has 1 N–H and O–H groups in total. The SMILES string of the molecule is [Pt].[c-]1c(Oc2[c-]c3c(cc2)c2ccccc2n3-c2cc(-c3ccccc3)ccn2)cccc1N1[OH+]N(c2ccccc2)c2ccccc21. The monoisotopic (exact) mass is 802 g/mol. The summed E-state index contributed by atoms with van der Waals surface area (Å²) in [7, 11) is 0. The summed E-state index contributed by atoms with van der Waals surface area (Å²) in [5.74, 6) is 1.96. The number of nitrogens with zero attached hydrogens (tertiary/aromatic N) is 4. The van der Waals surface area contributed by atoms with Gasteiger partial charge in [0, 0.05) is 50.0 Å². The molecule has 6 aromatic carbocycles. The third kappa shape index (κ3) is 5.22. The molecule has 0 bridgehead atoms. The van der Waals surface area contributed by atoms with Gasteiger partial charge in [-0.05, 0) is 59.0 Å². The summed E-state index contributed by atoms with van der Waals surface area (Å²) in [6, 6.07) is 58.1. The Morgan fingerprint density at radius 3 is 2.10 bits per heavy atom. The average Bonchev–Trinajstić information content (AvgIpc) is 3.69. The van der Waals surface area contributed by atoms with Gasteiger partial charge in [-0.1, -0.05) is 89.4 Å². The number of para-hydroxylation sites is 4. The van der Waals surface area contributed by atoms with Crippen LogP contribution in [-0.2, 0) is 21.1 Å². The zero-order chi connectivity index (χ0) is 31.2. The fourth-order valence-corrected chi connectivity index (χ4v) is 6.21. The van der Waals surface area contributed by atoms with Crippen LogP contribution >= 0.6 is 0 Å². The second kappa shape index (κ2) is 12.5. The normalized spacial score (nSPS) is 12.2. The van der Waals surface area contributed by atoms with E-state index in [1.165, 1.54) is 0 Å². The molecule has 0 atom stereocenters. The largest absolute Gasteiger partial charge is 0.509 e. The Hall–Kier alpha value is -5.68. The predicted molar refractivity (Wildman–Crippen MR) is 187 cm³/mol. The minimum Gasteiger partial charge on any atom is -0.509 e. The Morgan fingerprint density at radius 1 is 0.562 bits per heavy atom. The molecular formula is C41H27N4O2Pt-. The summed E-state index contributed by atoms with van der Waals surface area (Å²) in [4.78, 5) is 9.75. The summed E-state index contributed by atoms with van der Waals surface area (Å²) in [5.41, 5.74) is 7.89. The Balaban J connectivity index is 0.00000336. The summed E-state index contributed by atoms with van der Waals surface area (Å²) in [6.07, 6.45) is 1.86. The van der Waals surface area contributed by atoms with Crippen molar-refractivity contribution >= 4 is 44.6 Å². The Kier molecular flexibility index (Phi) is 7.73. The van der Waals surface area contributed by atoms with Crippen molar-refractivity contribution in [2.24, 2.45) is 0 Å². The molecule has 234 valence electrons. The molecule has 0 saturated heterocycles. The first kappa shape index (κ1) is 29.7. The van der Waals surface area contributed by atoms with Crippen LogP contribution in [0.15, 0.2) is 158 Å². The van der Waals surface area contributed by atoms with E-state index < -0.39 is 0 Å². The summed E-state index contributed by atoms with van der Waals surface area (Å²) in [5, 5.41) is 6.04. The van der Waals surface area contributed by atoms with E-state index in [1.54, 1.807) is 0 Å². The third-order valence-corrected chi connectivity index (χ3v) is 8.36. The van der Waals surface area contributed by atoms with Crippen LogP contribution < -0.4 is 14.9 Å². The molecule has 3 heterocycles. The molecule has 9 rings (SSSR count). The number of hydrogen-bond donors (Lipinski definition) is 0. The minimum absolute atomic E-state index is 0. The molecule has 8 aromatic rings. The fourth-order valence-electron chi connectivity index (χ4n) is 6.21. The van der Waals surface area contributed by atoms with E-state index in [-0.39, 0.29) is 21.1 Å². The van der Waals surface area contributed by atoms with E-state index in [0.29, 0.717) is 11.5 Å². The van der Waals surface area contributed by atoms with Crippen molar-refractivity contribution in [3.05, 3.63) is 170 Å². The van der Waals surface area contributed by atoms with Crippen LogP contribution in [0.5, 0.6) is 11.5 Å². The van der Waals surface area contributed by atoms with E-state index in [4.69, 9.17) is 14.7 Å².